The van der Waals surface area contributed by atoms with Crippen molar-refractivity contribution in [3.63, 3.8) is 0 Å². The molecule has 1 aliphatic carbocycles. The first-order valence-corrected chi connectivity index (χ1v) is 7.29. The van der Waals surface area contributed by atoms with E-state index in [1.807, 2.05) is 13.8 Å². The quantitative estimate of drug-likeness (QED) is 0.317. The van der Waals surface area contributed by atoms with Crippen LogP contribution in [0.15, 0.2) is 5.16 Å². The molecule has 4 N–H and O–H groups in total. The third-order valence-corrected chi connectivity index (χ3v) is 3.78. The molecule has 1 fully saturated rings. The van der Waals surface area contributed by atoms with Gasteiger partial charge < -0.3 is 16.3 Å². The summed E-state index contributed by atoms with van der Waals surface area (Å²) in [6.07, 6.45) is 7.49. The minimum absolute atomic E-state index is 0.0119. The molecule has 0 aromatic rings. The predicted octanol–water partition coefficient (Wildman–Crippen LogP) is 2.38. The molecule has 1 aliphatic rings. The van der Waals surface area contributed by atoms with Crippen LogP contribution in [-0.4, -0.2) is 22.5 Å². The molecule has 0 unspecified atom stereocenters. The molecule has 0 aromatic heterocycles. The highest BCUT2D eigenvalue weighted by atomic mass is 16.4. The van der Waals surface area contributed by atoms with E-state index in [0.717, 1.165) is 38.5 Å². The smallest absolute Gasteiger partial charge is 0.221 e. The molecule has 110 valence electrons. The molecule has 1 amide bonds. The summed E-state index contributed by atoms with van der Waals surface area (Å²) < 4.78 is 0. The molecular weight excluding hydrogens is 242 g/mol. The summed E-state index contributed by atoms with van der Waals surface area (Å²) in [5.74, 6) is 0.437. The maximum Gasteiger partial charge on any atom is 0.221 e. The second kappa shape index (κ2) is 7.36. The molecule has 0 bridgehead atoms. The van der Waals surface area contributed by atoms with Gasteiger partial charge in [0.2, 0.25) is 5.91 Å². The Morgan fingerprint density at radius 2 is 1.79 bits per heavy atom. The van der Waals surface area contributed by atoms with Gasteiger partial charge in [-0.05, 0) is 18.8 Å². The molecule has 0 aliphatic heterocycles. The van der Waals surface area contributed by atoms with Gasteiger partial charge in [0.25, 0.3) is 0 Å². The van der Waals surface area contributed by atoms with Crippen LogP contribution < -0.4 is 11.1 Å². The fourth-order valence-corrected chi connectivity index (χ4v) is 2.74. The zero-order valence-corrected chi connectivity index (χ0v) is 12.1. The number of rotatable bonds is 4. The minimum Gasteiger partial charge on any atom is -0.409 e. The first kappa shape index (κ1) is 15.8. The van der Waals surface area contributed by atoms with E-state index in [-0.39, 0.29) is 11.7 Å². The van der Waals surface area contributed by atoms with Gasteiger partial charge in [0.15, 0.2) is 5.84 Å². The third kappa shape index (κ3) is 4.73. The lowest BCUT2D eigenvalue weighted by Gasteiger charge is -2.35. The minimum atomic E-state index is -0.652. The van der Waals surface area contributed by atoms with Crippen molar-refractivity contribution in [1.29, 1.82) is 0 Å². The van der Waals surface area contributed by atoms with Crippen molar-refractivity contribution in [2.24, 2.45) is 16.8 Å². The molecule has 19 heavy (non-hydrogen) atoms. The molecule has 0 spiro atoms. The Bertz CT molecular complexity index is 319. The highest BCUT2D eigenvalue weighted by molar-refractivity contribution is 5.93. The number of nitrogens with zero attached hydrogens (tertiary/aromatic N) is 1. The van der Waals surface area contributed by atoms with E-state index in [2.05, 4.69) is 10.5 Å². The Morgan fingerprint density at radius 1 is 1.26 bits per heavy atom. The third-order valence-electron chi connectivity index (χ3n) is 3.78. The Labute approximate surface area is 115 Å². The summed E-state index contributed by atoms with van der Waals surface area (Å²) in [6, 6.07) is 0. The molecule has 0 aromatic carbocycles. The van der Waals surface area contributed by atoms with Crippen molar-refractivity contribution in [3.8, 4) is 0 Å². The lowest BCUT2D eigenvalue weighted by Crippen LogP contribution is -2.58. The van der Waals surface area contributed by atoms with Gasteiger partial charge in [-0.25, -0.2) is 0 Å². The summed E-state index contributed by atoms with van der Waals surface area (Å²) in [5.41, 5.74) is 5.22. The second-order valence-electron chi connectivity index (χ2n) is 5.98. The van der Waals surface area contributed by atoms with E-state index < -0.39 is 5.54 Å². The van der Waals surface area contributed by atoms with Gasteiger partial charge in [-0.2, -0.15) is 0 Å². The first-order chi connectivity index (χ1) is 9.00. The van der Waals surface area contributed by atoms with E-state index in [1.165, 1.54) is 6.42 Å². The number of hydrogen-bond donors (Lipinski definition) is 3. The summed E-state index contributed by atoms with van der Waals surface area (Å²) in [7, 11) is 0. The van der Waals surface area contributed by atoms with E-state index in [4.69, 9.17) is 10.9 Å². The molecule has 5 heteroatoms. The van der Waals surface area contributed by atoms with Gasteiger partial charge in [-0.3, -0.25) is 4.79 Å². The Hall–Kier alpha value is -1.26. The number of carbonyl (C=O) groups is 1. The zero-order chi connectivity index (χ0) is 14.3. The van der Waals surface area contributed by atoms with Gasteiger partial charge in [-0.1, -0.05) is 51.1 Å². The second-order valence-corrected chi connectivity index (χ2v) is 5.98. The normalized spacial score (nSPS) is 20.7. The first-order valence-electron chi connectivity index (χ1n) is 7.29. The Balaban J connectivity index is 2.81. The van der Waals surface area contributed by atoms with Gasteiger partial charge in [0.05, 0.1) is 0 Å². The monoisotopic (exact) mass is 269 g/mol. The van der Waals surface area contributed by atoms with Gasteiger partial charge in [0, 0.05) is 6.42 Å². The van der Waals surface area contributed by atoms with Gasteiger partial charge >= 0.3 is 0 Å². The molecule has 0 atom stereocenters. The fourth-order valence-electron chi connectivity index (χ4n) is 2.74. The predicted molar refractivity (Wildman–Crippen MR) is 76.1 cm³/mol. The fraction of sp³-hybridized carbons (Fsp3) is 0.857. The molecule has 0 saturated heterocycles. The average molecular weight is 269 g/mol. The van der Waals surface area contributed by atoms with Crippen molar-refractivity contribution in [3.05, 3.63) is 0 Å². The maximum atomic E-state index is 12.0. The summed E-state index contributed by atoms with van der Waals surface area (Å²) in [6.45, 7) is 4.02. The van der Waals surface area contributed by atoms with Crippen LogP contribution in [0.5, 0.6) is 0 Å². The number of amides is 1. The number of amidine groups is 1. The maximum absolute atomic E-state index is 12.0. The van der Waals surface area contributed by atoms with Crippen molar-refractivity contribution in [1.82, 2.24) is 5.32 Å². The molecule has 0 heterocycles. The van der Waals surface area contributed by atoms with Crippen LogP contribution in [0.25, 0.3) is 0 Å². The average Bonchev–Trinajstić information content (AvgIpc) is 2.30. The van der Waals surface area contributed by atoms with E-state index in [9.17, 15) is 4.79 Å². The van der Waals surface area contributed by atoms with E-state index >= 15 is 0 Å². The zero-order valence-electron chi connectivity index (χ0n) is 12.1. The van der Waals surface area contributed by atoms with Crippen molar-refractivity contribution >= 4 is 11.7 Å². The van der Waals surface area contributed by atoms with Crippen molar-refractivity contribution in [2.75, 3.05) is 0 Å². The molecule has 1 saturated carbocycles. The topological polar surface area (TPSA) is 87.7 Å². The lowest BCUT2D eigenvalue weighted by molar-refractivity contribution is -0.123. The number of nitrogens with one attached hydrogen (secondary N) is 1. The van der Waals surface area contributed by atoms with Crippen LogP contribution in [0.2, 0.25) is 0 Å². The van der Waals surface area contributed by atoms with Crippen LogP contribution in [0.3, 0.4) is 0 Å². The lowest BCUT2D eigenvalue weighted by atomic mass is 9.82. The molecule has 5 nitrogen and oxygen atoms in total. The number of oxime groups is 1. The highest BCUT2D eigenvalue weighted by Crippen LogP contribution is 2.27. The highest BCUT2D eigenvalue weighted by Gasteiger charge is 2.36. The number of hydrogen-bond acceptors (Lipinski definition) is 3. The van der Waals surface area contributed by atoms with Crippen LogP contribution in [0.4, 0.5) is 0 Å². The summed E-state index contributed by atoms with van der Waals surface area (Å²) in [5, 5.41) is 15.2. The SMILES string of the molecule is CC(C)CC(=O)NC1(C(N)=NO)CCCCCCC1. The largest absolute Gasteiger partial charge is 0.409 e. The standard InChI is InChI=1S/C14H27N3O2/c1-11(2)10-12(18)16-14(13(15)17-19)8-6-4-3-5-7-9-14/h11,19H,3-10H2,1-2H3,(H2,15,17)(H,16,18). The molecule has 1 rings (SSSR count). The van der Waals surface area contributed by atoms with Crippen molar-refractivity contribution in [2.45, 2.75) is 70.8 Å². The Morgan fingerprint density at radius 3 is 2.26 bits per heavy atom. The van der Waals surface area contributed by atoms with Crippen LogP contribution in [0.1, 0.15) is 65.2 Å². The van der Waals surface area contributed by atoms with Crippen LogP contribution >= 0.6 is 0 Å². The molecular formula is C14H27N3O2. The van der Waals surface area contributed by atoms with Crippen LogP contribution in [0, 0.1) is 5.92 Å². The van der Waals surface area contributed by atoms with Gasteiger partial charge in [0.1, 0.15) is 5.54 Å². The number of carbonyl (C=O) groups excluding carboxylic acids is 1. The van der Waals surface area contributed by atoms with Crippen molar-refractivity contribution < 1.29 is 10.0 Å². The number of nitrogens with two attached hydrogens (primary N) is 1. The molecule has 0 radical (unpaired) electrons. The van der Waals surface area contributed by atoms with E-state index in [0.29, 0.717) is 12.3 Å². The summed E-state index contributed by atoms with van der Waals surface area (Å²) >= 11 is 0. The summed E-state index contributed by atoms with van der Waals surface area (Å²) in [4.78, 5) is 12.0. The Kier molecular flexibility index (Phi) is 6.12. The van der Waals surface area contributed by atoms with Gasteiger partial charge in [-0.15, -0.1) is 0 Å². The van der Waals surface area contributed by atoms with Crippen LogP contribution in [-0.2, 0) is 4.79 Å². The van der Waals surface area contributed by atoms with E-state index in [1.54, 1.807) is 0 Å².